The van der Waals surface area contributed by atoms with Crippen LogP contribution in [0.3, 0.4) is 0 Å². The fourth-order valence-corrected chi connectivity index (χ4v) is 6.89. The standard InChI is InChI=1S/C35H46N2/c1-25(2)35-18-17-33(23-34(35)16-15-29-12-9-26(3)36-27(29)4)32-19-21-37(22-20-32)24-28-10-13-31(14-11-28)30-7-5-6-8-30/h10-11,13-14,17-18,23,29-30,32,36H,1,3-9,12,15-16,19-22,24H2,2H3. The molecule has 37 heavy (non-hydrogen) atoms. The third-order valence-corrected chi connectivity index (χ3v) is 9.25. The van der Waals surface area contributed by atoms with Crippen molar-refractivity contribution in [2.75, 3.05) is 13.1 Å². The molecule has 0 spiro atoms. The molecule has 0 bridgehead atoms. The van der Waals surface area contributed by atoms with E-state index in [2.05, 4.69) is 79.3 Å². The van der Waals surface area contributed by atoms with Crippen LogP contribution in [0.25, 0.3) is 5.57 Å². The van der Waals surface area contributed by atoms with Gasteiger partial charge >= 0.3 is 0 Å². The van der Waals surface area contributed by atoms with Crippen molar-refractivity contribution in [1.29, 1.82) is 0 Å². The number of allylic oxidation sites excluding steroid dienone is 3. The first-order chi connectivity index (χ1) is 18.0. The molecule has 1 unspecified atom stereocenters. The summed E-state index contributed by atoms with van der Waals surface area (Å²) in [6.45, 7) is 18.2. The molecule has 1 aliphatic carbocycles. The highest BCUT2D eigenvalue weighted by Crippen LogP contribution is 2.35. The van der Waals surface area contributed by atoms with Crippen LogP contribution in [0, 0.1) is 5.92 Å². The number of likely N-dealkylation sites (tertiary alicyclic amines) is 1. The Labute approximate surface area is 225 Å². The second kappa shape index (κ2) is 11.9. The second-order valence-electron chi connectivity index (χ2n) is 12.0. The quantitative estimate of drug-likeness (QED) is 0.395. The first-order valence-electron chi connectivity index (χ1n) is 14.7. The monoisotopic (exact) mass is 494 g/mol. The highest BCUT2D eigenvalue weighted by atomic mass is 15.1. The van der Waals surface area contributed by atoms with Crippen molar-refractivity contribution in [2.45, 2.75) is 89.5 Å². The highest BCUT2D eigenvalue weighted by Gasteiger charge is 2.23. The Morgan fingerprint density at radius 1 is 0.892 bits per heavy atom. The van der Waals surface area contributed by atoms with Crippen LogP contribution in [-0.2, 0) is 13.0 Å². The van der Waals surface area contributed by atoms with Crippen LogP contribution in [0.1, 0.15) is 104 Å². The zero-order valence-corrected chi connectivity index (χ0v) is 23.0. The van der Waals surface area contributed by atoms with E-state index in [-0.39, 0.29) is 0 Å². The Balaban J connectivity index is 1.17. The molecule has 2 heteroatoms. The number of rotatable bonds is 8. The summed E-state index contributed by atoms with van der Waals surface area (Å²) in [5, 5.41) is 3.39. The summed E-state index contributed by atoms with van der Waals surface area (Å²) in [5.41, 5.74) is 10.8. The van der Waals surface area contributed by atoms with E-state index in [0.29, 0.717) is 11.8 Å². The predicted octanol–water partition coefficient (Wildman–Crippen LogP) is 8.72. The van der Waals surface area contributed by atoms with E-state index in [1.165, 1.54) is 79.4 Å². The van der Waals surface area contributed by atoms with Crippen molar-refractivity contribution < 1.29 is 0 Å². The van der Waals surface area contributed by atoms with Crippen molar-refractivity contribution in [3.63, 3.8) is 0 Å². The number of nitrogens with one attached hydrogen (secondary N) is 1. The van der Waals surface area contributed by atoms with Gasteiger partial charge in [0.2, 0.25) is 0 Å². The molecule has 2 heterocycles. The van der Waals surface area contributed by atoms with E-state index in [1.807, 2.05) is 0 Å². The molecule has 5 rings (SSSR count). The lowest BCUT2D eigenvalue weighted by molar-refractivity contribution is 0.204. The lowest BCUT2D eigenvalue weighted by Gasteiger charge is -2.33. The van der Waals surface area contributed by atoms with Gasteiger partial charge < -0.3 is 5.32 Å². The molecular formula is C35H46N2. The molecular weight excluding hydrogens is 448 g/mol. The molecule has 2 aliphatic heterocycles. The summed E-state index contributed by atoms with van der Waals surface area (Å²) in [6, 6.07) is 16.8. The van der Waals surface area contributed by atoms with Gasteiger partial charge in [0.05, 0.1) is 0 Å². The van der Waals surface area contributed by atoms with Gasteiger partial charge in [0.25, 0.3) is 0 Å². The number of nitrogens with zero attached hydrogens (tertiary/aromatic N) is 1. The maximum Gasteiger partial charge on any atom is 0.0233 e. The Bertz CT molecular complexity index is 1110. The van der Waals surface area contributed by atoms with Gasteiger partial charge in [-0.3, -0.25) is 4.90 Å². The smallest absolute Gasteiger partial charge is 0.0233 e. The molecule has 1 saturated carbocycles. The lowest BCUT2D eigenvalue weighted by atomic mass is 9.84. The minimum absolute atomic E-state index is 0.530. The van der Waals surface area contributed by atoms with Crippen LogP contribution in [0.4, 0.5) is 0 Å². The maximum atomic E-state index is 4.28. The van der Waals surface area contributed by atoms with Crippen LogP contribution >= 0.6 is 0 Å². The van der Waals surface area contributed by atoms with E-state index < -0.39 is 0 Å². The van der Waals surface area contributed by atoms with Crippen LogP contribution in [0.2, 0.25) is 0 Å². The van der Waals surface area contributed by atoms with Crippen molar-refractivity contribution in [1.82, 2.24) is 10.2 Å². The van der Waals surface area contributed by atoms with E-state index in [1.54, 1.807) is 5.56 Å². The number of aryl methyl sites for hydroxylation is 1. The summed E-state index contributed by atoms with van der Waals surface area (Å²) in [7, 11) is 0. The van der Waals surface area contributed by atoms with Gasteiger partial charge in [-0.2, -0.15) is 0 Å². The molecule has 2 aromatic carbocycles. The highest BCUT2D eigenvalue weighted by molar-refractivity contribution is 5.65. The Hall–Kier alpha value is -2.58. The Kier molecular flexibility index (Phi) is 8.35. The van der Waals surface area contributed by atoms with Gasteiger partial charge in [-0.05, 0) is 117 Å². The first-order valence-corrected chi connectivity index (χ1v) is 14.7. The fourth-order valence-electron chi connectivity index (χ4n) is 6.89. The molecule has 0 radical (unpaired) electrons. The van der Waals surface area contributed by atoms with Crippen LogP contribution < -0.4 is 5.32 Å². The molecule has 196 valence electrons. The van der Waals surface area contributed by atoms with Gasteiger partial charge in [-0.25, -0.2) is 0 Å². The van der Waals surface area contributed by atoms with Gasteiger partial charge in [0, 0.05) is 17.9 Å². The van der Waals surface area contributed by atoms with Gasteiger partial charge in [0.1, 0.15) is 0 Å². The fraction of sp³-hybridized carbons (Fsp3) is 0.486. The van der Waals surface area contributed by atoms with Crippen LogP contribution in [0.15, 0.2) is 73.6 Å². The number of benzene rings is 2. The second-order valence-corrected chi connectivity index (χ2v) is 12.0. The van der Waals surface area contributed by atoms with E-state index >= 15 is 0 Å². The average Bonchev–Trinajstić information content (AvgIpc) is 3.44. The summed E-state index contributed by atoms with van der Waals surface area (Å²) >= 11 is 0. The average molecular weight is 495 g/mol. The molecule has 1 atom stereocenters. The minimum atomic E-state index is 0.530. The predicted molar refractivity (Wildman–Crippen MR) is 159 cm³/mol. The zero-order valence-electron chi connectivity index (χ0n) is 23.0. The third-order valence-electron chi connectivity index (χ3n) is 9.25. The van der Waals surface area contributed by atoms with Crippen molar-refractivity contribution in [2.24, 2.45) is 5.92 Å². The molecule has 2 aromatic rings. The normalized spacial score (nSPS) is 21.8. The number of piperidine rings is 2. The molecule has 3 aliphatic rings. The summed E-state index contributed by atoms with van der Waals surface area (Å²) in [4.78, 5) is 2.65. The van der Waals surface area contributed by atoms with Crippen molar-refractivity contribution in [3.05, 3.63) is 101 Å². The number of hydrogen-bond donors (Lipinski definition) is 1. The van der Waals surface area contributed by atoms with E-state index in [4.69, 9.17) is 0 Å². The SMILES string of the molecule is C=C1CCC(CCc2cc(C3CCN(Cc4ccc(C5CCCC5)cc4)CC3)ccc2C(=C)C)C(=C)N1. The topological polar surface area (TPSA) is 15.3 Å². The zero-order chi connectivity index (χ0) is 25.8. The first kappa shape index (κ1) is 26.0. The molecule has 1 N–H and O–H groups in total. The Morgan fingerprint density at radius 3 is 2.24 bits per heavy atom. The lowest BCUT2D eigenvalue weighted by Crippen LogP contribution is -2.32. The molecule has 2 nitrogen and oxygen atoms in total. The summed E-state index contributed by atoms with van der Waals surface area (Å²) in [6.07, 6.45) is 12.5. The molecule has 3 fully saturated rings. The largest absolute Gasteiger partial charge is 0.363 e. The van der Waals surface area contributed by atoms with Gasteiger partial charge in [-0.1, -0.05) is 80.6 Å². The molecule has 2 saturated heterocycles. The number of hydrogen-bond acceptors (Lipinski definition) is 2. The van der Waals surface area contributed by atoms with Crippen LogP contribution in [0.5, 0.6) is 0 Å². The molecule has 0 amide bonds. The molecule has 0 aromatic heterocycles. The third kappa shape index (κ3) is 6.47. The van der Waals surface area contributed by atoms with E-state index in [9.17, 15) is 0 Å². The van der Waals surface area contributed by atoms with Crippen molar-refractivity contribution in [3.8, 4) is 0 Å². The van der Waals surface area contributed by atoms with Crippen LogP contribution in [-0.4, -0.2) is 18.0 Å². The summed E-state index contributed by atoms with van der Waals surface area (Å²) < 4.78 is 0. The maximum absolute atomic E-state index is 4.28. The Morgan fingerprint density at radius 2 is 1.57 bits per heavy atom. The van der Waals surface area contributed by atoms with Gasteiger partial charge in [-0.15, -0.1) is 0 Å². The van der Waals surface area contributed by atoms with Gasteiger partial charge in [0.15, 0.2) is 0 Å². The van der Waals surface area contributed by atoms with E-state index in [0.717, 1.165) is 49.5 Å². The summed E-state index contributed by atoms with van der Waals surface area (Å²) in [5.74, 6) is 2.00. The van der Waals surface area contributed by atoms with Crippen molar-refractivity contribution >= 4 is 5.57 Å². The minimum Gasteiger partial charge on any atom is -0.363 e.